The second kappa shape index (κ2) is 11.4. The fourth-order valence-corrected chi connectivity index (χ4v) is 5.91. The summed E-state index contributed by atoms with van der Waals surface area (Å²) in [4.78, 5) is 27.1. The summed E-state index contributed by atoms with van der Waals surface area (Å²) >= 11 is 12.3. The molecule has 0 radical (unpaired) electrons. The molecule has 2 N–H and O–H groups in total. The number of carbonyl (C=O) groups is 2. The normalized spacial score (nSPS) is 23.3. The lowest BCUT2D eigenvalue weighted by molar-refractivity contribution is -0.160. The topological polar surface area (TPSA) is 104 Å². The number of aliphatic carboxylic acids is 1. The number of sulfonamides is 1. The molecular formula is C25H27Cl2F3N2O5S. The molecule has 1 amide bonds. The van der Waals surface area contributed by atoms with E-state index in [9.17, 15) is 36.3 Å². The molecule has 0 aromatic heterocycles. The van der Waals surface area contributed by atoms with Crippen molar-refractivity contribution in [1.29, 1.82) is 0 Å². The molecule has 0 spiro atoms. The van der Waals surface area contributed by atoms with Crippen molar-refractivity contribution in [1.82, 2.24) is 9.62 Å². The minimum absolute atomic E-state index is 0.0849. The number of carboxylic acid groups (broad SMARTS) is 1. The maximum Gasteiger partial charge on any atom is 0.511 e. The second-order valence-electron chi connectivity index (χ2n) is 9.57. The maximum absolute atomic E-state index is 14.0. The summed E-state index contributed by atoms with van der Waals surface area (Å²) in [5, 5.41) is 10.4. The highest BCUT2D eigenvalue weighted by molar-refractivity contribution is 7.90. The molecule has 1 aliphatic rings. The lowest BCUT2D eigenvalue weighted by Crippen LogP contribution is -2.58. The van der Waals surface area contributed by atoms with Gasteiger partial charge in [-0.15, -0.1) is 0 Å². The van der Waals surface area contributed by atoms with Gasteiger partial charge in [0, 0.05) is 28.5 Å². The summed E-state index contributed by atoms with van der Waals surface area (Å²) in [6, 6.07) is 11.6. The largest absolute Gasteiger partial charge is 0.511 e. The van der Waals surface area contributed by atoms with Crippen molar-refractivity contribution < 1.29 is 36.3 Å². The quantitative estimate of drug-likeness (QED) is 0.385. The van der Waals surface area contributed by atoms with Crippen molar-refractivity contribution in [2.75, 3.05) is 6.54 Å². The lowest BCUT2D eigenvalue weighted by atomic mass is 9.67. The summed E-state index contributed by atoms with van der Waals surface area (Å²) in [7, 11) is -5.68. The predicted octanol–water partition coefficient (Wildman–Crippen LogP) is 5.75. The Labute approximate surface area is 229 Å². The van der Waals surface area contributed by atoms with Crippen LogP contribution >= 0.6 is 23.2 Å². The molecule has 0 saturated carbocycles. The van der Waals surface area contributed by atoms with E-state index in [0.29, 0.717) is 21.2 Å². The second-order valence-corrected chi connectivity index (χ2v) is 12.2. The van der Waals surface area contributed by atoms with E-state index >= 15 is 0 Å². The number of alkyl halides is 3. The highest BCUT2D eigenvalue weighted by Gasteiger charge is 2.53. The molecule has 1 aliphatic heterocycles. The van der Waals surface area contributed by atoms with Gasteiger partial charge in [-0.2, -0.15) is 13.2 Å². The van der Waals surface area contributed by atoms with Gasteiger partial charge in [0.1, 0.15) is 0 Å². The van der Waals surface area contributed by atoms with Gasteiger partial charge in [0.15, 0.2) is 0 Å². The van der Waals surface area contributed by atoms with Crippen molar-refractivity contribution in [2.24, 2.45) is 5.41 Å². The number of rotatable bonds is 9. The number of likely N-dealkylation sites (tertiary alicyclic amines) is 1. The molecule has 38 heavy (non-hydrogen) atoms. The lowest BCUT2D eigenvalue weighted by Gasteiger charge is -2.52. The van der Waals surface area contributed by atoms with E-state index < -0.39 is 63.8 Å². The van der Waals surface area contributed by atoms with Gasteiger partial charge in [0.25, 0.3) is 0 Å². The average molecular weight is 595 g/mol. The molecule has 1 fully saturated rings. The summed E-state index contributed by atoms with van der Waals surface area (Å²) in [5.74, 6) is -2.34. The van der Waals surface area contributed by atoms with Gasteiger partial charge in [-0.3, -0.25) is 9.59 Å². The Hall–Kier alpha value is -2.34. The first-order chi connectivity index (χ1) is 17.6. The van der Waals surface area contributed by atoms with E-state index in [2.05, 4.69) is 0 Å². The van der Waals surface area contributed by atoms with Crippen molar-refractivity contribution in [2.45, 2.75) is 56.6 Å². The summed E-state index contributed by atoms with van der Waals surface area (Å²) in [5.41, 5.74) is -5.68. The standard InChI is InChI=1S/C25H27Cl2F3N2O5S/c1-3-19(14-31-38(36,37)25(28,29)30)32-22(15-7-9-17(26)10-8-15)20(16-5-4-6-18(27)11-16)12-24(2,23(32)35)13-21(33)34/h4-11,19-20,22,31H,3,12-14H2,1-2H3,(H,33,34)/t19?,20-,22-,24-/m1/s1. The SMILES string of the molecule is CCC(CNS(=O)(=O)C(F)(F)F)N1C(=O)[C@@](C)(CC(=O)O)C[C@H](c2cccc(Cl)c2)[C@H]1c1ccc(Cl)cc1. The molecule has 2 aromatic carbocycles. The predicted molar refractivity (Wildman–Crippen MR) is 137 cm³/mol. The Bertz CT molecular complexity index is 1290. The van der Waals surface area contributed by atoms with Crippen molar-refractivity contribution in [3.63, 3.8) is 0 Å². The fraction of sp³-hybridized carbons (Fsp3) is 0.440. The van der Waals surface area contributed by atoms with Crippen molar-refractivity contribution >= 4 is 45.1 Å². The molecule has 1 unspecified atom stereocenters. The minimum atomic E-state index is -5.68. The number of nitrogens with zero attached hydrogens (tertiary/aromatic N) is 1. The Morgan fingerprint density at radius 1 is 1.16 bits per heavy atom. The maximum atomic E-state index is 14.0. The van der Waals surface area contributed by atoms with E-state index in [1.54, 1.807) is 60.2 Å². The number of amides is 1. The Kier molecular flexibility index (Phi) is 9.07. The molecule has 4 atom stereocenters. The first-order valence-electron chi connectivity index (χ1n) is 11.7. The molecule has 7 nitrogen and oxygen atoms in total. The van der Waals surface area contributed by atoms with E-state index in [0.717, 1.165) is 0 Å². The zero-order valence-electron chi connectivity index (χ0n) is 20.5. The van der Waals surface area contributed by atoms with Gasteiger partial charge in [-0.05, 0) is 48.2 Å². The van der Waals surface area contributed by atoms with Crippen LogP contribution in [0, 0.1) is 5.41 Å². The van der Waals surface area contributed by atoms with Gasteiger partial charge in [-0.25, -0.2) is 13.1 Å². The number of carboxylic acids is 1. The molecule has 2 aromatic rings. The van der Waals surface area contributed by atoms with Crippen LogP contribution in [0.4, 0.5) is 13.2 Å². The molecular weight excluding hydrogens is 568 g/mol. The van der Waals surface area contributed by atoms with Crippen LogP contribution in [-0.2, 0) is 19.6 Å². The van der Waals surface area contributed by atoms with E-state index in [1.807, 2.05) is 0 Å². The summed E-state index contributed by atoms with van der Waals surface area (Å²) in [6.07, 6.45) is -0.341. The third-order valence-corrected chi connectivity index (χ3v) is 8.45. The van der Waals surface area contributed by atoms with Gasteiger partial charge in [-0.1, -0.05) is 61.3 Å². The molecule has 13 heteroatoms. The highest BCUT2D eigenvalue weighted by Crippen LogP contribution is 2.52. The Morgan fingerprint density at radius 3 is 2.32 bits per heavy atom. The number of hydrogen-bond acceptors (Lipinski definition) is 4. The number of carbonyl (C=O) groups excluding carboxylic acids is 1. The Morgan fingerprint density at radius 2 is 1.79 bits per heavy atom. The van der Waals surface area contributed by atoms with Crippen LogP contribution in [0.1, 0.15) is 56.2 Å². The molecule has 1 saturated heterocycles. The van der Waals surface area contributed by atoms with Crippen molar-refractivity contribution in [3.8, 4) is 0 Å². The molecule has 0 aliphatic carbocycles. The summed E-state index contributed by atoms with van der Waals surface area (Å²) < 4.78 is 64.3. The van der Waals surface area contributed by atoms with Gasteiger partial charge >= 0.3 is 21.5 Å². The molecule has 3 rings (SSSR count). The molecule has 1 heterocycles. The fourth-order valence-electron chi connectivity index (χ4n) is 5.01. The van der Waals surface area contributed by atoms with Gasteiger partial charge < -0.3 is 10.0 Å². The minimum Gasteiger partial charge on any atom is -0.481 e. The van der Waals surface area contributed by atoms with Gasteiger partial charge in [0.05, 0.1) is 17.9 Å². The highest BCUT2D eigenvalue weighted by atomic mass is 35.5. The number of nitrogens with one attached hydrogen (secondary N) is 1. The average Bonchev–Trinajstić information content (AvgIpc) is 2.81. The van der Waals surface area contributed by atoms with E-state index in [-0.39, 0.29) is 12.8 Å². The van der Waals surface area contributed by atoms with Crippen LogP contribution in [0.25, 0.3) is 0 Å². The smallest absolute Gasteiger partial charge is 0.481 e. The summed E-state index contributed by atoms with van der Waals surface area (Å²) in [6.45, 7) is 2.38. The van der Waals surface area contributed by atoms with Gasteiger partial charge in [0.2, 0.25) is 5.91 Å². The van der Waals surface area contributed by atoms with Crippen LogP contribution in [0.3, 0.4) is 0 Å². The Balaban J connectivity index is 2.20. The zero-order valence-corrected chi connectivity index (χ0v) is 22.8. The number of halogens is 5. The third-order valence-electron chi connectivity index (χ3n) is 6.81. The third kappa shape index (κ3) is 6.44. The molecule has 208 valence electrons. The van der Waals surface area contributed by atoms with Crippen LogP contribution in [0.5, 0.6) is 0 Å². The first-order valence-corrected chi connectivity index (χ1v) is 13.9. The van der Waals surface area contributed by atoms with Crippen LogP contribution in [0.15, 0.2) is 48.5 Å². The van der Waals surface area contributed by atoms with Crippen LogP contribution in [0.2, 0.25) is 10.0 Å². The van der Waals surface area contributed by atoms with Crippen molar-refractivity contribution in [3.05, 3.63) is 69.7 Å². The number of benzene rings is 2. The van der Waals surface area contributed by atoms with Crippen LogP contribution in [-0.4, -0.2) is 48.4 Å². The molecule has 0 bridgehead atoms. The first kappa shape index (κ1) is 30.2. The zero-order chi connectivity index (χ0) is 28.5. The number of hydrogen-bond donors (Lipinski definition) is 2. The van der Waals surface area contributed by atoms with Crippen LogP contribution < -0.4 is 4.72 Å². The van der Waals surface area contributed by atoms with E-state index in [4.69, 9.17) is 23.2 Å². The number of piperidine rings is 1. The van der Waals surface area contributed by atoms with E-state index in [1.165, 1.54) is 11.8 Å². The monoisotopic (exact) mass is 594 g/mol.